The van der Waals surface area contributed by atoms with Crippen molar-refractivity contribution < 1.29 is 18.7 Å². The molecule has 0 unspecified atom stereocenters. The number of nitrogens with one attached hydrogen (secondary N) is 1. The summed E-state index contributed by atoms with van der Waals surface area (Å²) in [4.78, 5) is 15.8. The van der Waals surface area contributed by atoms with Crippen LogP contribution in [0, 0.1) is 0 Å². The molecular formula is C14H16N2O4. The minimum atomic E-state index is -0.114. The van der Waals surface area contributed by atoms with Crippen LogP contribution in [0.25, 0.3) is 0 Å². The van der Waals surface area contributed by atoms with Gasteiger partial charge in [0.05, 0.1) is 25.6 Å². The largest absolute Gasteiger partial charge is 0.497 e. The highest BCUT2D eigenvalue weighted by molar-refractivity contribution is 5.92. The number of ether oxygens (including phenoxy) is 2. The van der Waals surface area contributed by atoms with Crippen LogP contribution in [0.15, 0.2) is 35.3 Å². The molecule has 1 N–H and O–H groups in total. The molecule has 0 atom stereocenters. The fraction of sp³-hybridized carbons (Fsp3) is 0.286. The number of methoxy groups -OCH3 is 2. The van der Waals surface area contributed by atoms with Crippen molar-refractivity contribution in [3.8, 4) is 11.5 Å². The fourth-order valence-electron chi connectivity index (χ4n) is 1.72. The zero-order chi connectivity index (χ0) is 14.4. The van der Waals surface area contributed by atoms with E-state index in [1.54, 1.807) is 32.4 Å². The van der Waals surface area contributed by atoms with Crippen LogP contribution in [0.2, 0.25) is 0 Å². The second-order valence-corrected chi connectivity index (χ2v) is 4.09. The predicted molar refractivity (Wildman–Crippen MR) is 73.0 cm³/mol. The number of rotatable bonds is 6. The number of nitrogens with zero attached hydrogens (tertiary/aromatic N) is 1. The topological polar surface area (TPSA) is 73.6 Å². The molecule has 1 aromatic heterocycles. The van der Waals surface area contributed by atoms with Crippen molar-refractivity contribution in [1.82, 2.24) is 4.98 Å². The van der Waals surface area contributed by atoms with Crippen molar-refractivity contribution in [2.45, 2.75) is 12.8 Å². The zero-order valence-corrected chi connectivity index (χ0v) is 11.4. The van der Waals surface area contributed by atoms with Gasteiger partial charge in [-0.05, 0) is 12.1 Å². The van der Waals surface area contributed by atoms with E-state index in [1.807, 2.05) is 0 Å². The van der Waals surface area contributed by atoms with Gasteiger partial charge in [-0.15, -0.1) is 0 Å². The van der Waals surface area contributed by atoms with E-state index in [9.17, 15) is 4.79 Å². The van der Waals surface area contributed by atoms with Crippen molar-refractivity contribution in [3.05, 3.63) is 36.5 Å². The van der Waals surface area contributed by atoms with Gasteiger partial charge < -0.3 is 19.2 Å². The van der Waals surface area contributed by atoms with Gasteiger partial charge >= 0.3 is 0 Å². The lowest BCUT2D eigenvalue weighted by atomic mass is 10.2. The third kappa shape index (κ3) is 3.50. The third-order valence-electron chi connectivity index (χ3n) is 2.77. The van der Waals surface area contributed by atoms with Crippen LogP contribution >= 0.6 is 0 Å². The molecule has 0 aliphatic heterocycles. The Morgan fingerprint density at radius 1 is 1.35 bits per heavy atom. The lowest BCUT2D eigenvalue weighted by molar-refractivity contribution is -0.116. The Balaban J connectivity index is 1.96. The second kappa shape index (κ2) is 6.60. The van der Waals surface area contributed by atoms with Crippen molar-refractivity contribution in [1.29, 1.82) is 0 Å². The first-order valence-corrected chi connectivity index (χ1v) is 6.12. The maximum atomic E-state index is 11.9. The minimum absolute atomic E-state index is 0.114. The van der Waals surface area contributed by atoms with Gasteiger partial charge in [0.1, 0.15) is 17.8 Å². The molecule has 0 saturated heterocycles. The first-order valence-electron chi connectivity index (χ1n) is 6.12. The summed E-state index contributed by atoms with van der Waals surface area (Å²) >= 11 is 0. The molecule has 0 radical (unpaired) electrons. The Kier molecular flexibility index (Phi) is 4.60. The molecule has 2 aromatic rings. The number of hydrogen-bond acceptors (Lipinski definition) is 5. The van der Waals surface area contributed by atoms with E-state index in [1.165, 1.54) is 12.7 Å². The molecule has 2 rings (SSSR count). The number of oxazole rings is 1. The summed E-state index contributed by atoms with van der Waals surface area (Å²) in [7, 11) is 3.12. The zero-order valence-electron chi connectivity index (χ0n) is 11.4. The van der Waals surface area contributed by atoms with E-state index < -0.39 is 0 Å². The van der Waals surface area contributed by atoms with E-state index in [0.29, 0.717) is 30.0 Å². The molecule has 0 aliphatic carbocycles. The highest BCUT2D eigenvalue weighted by Gasteiger charge is 2.09. The third-order valence-corrected chi connectivity index (χ3v) is 2.77. The summed E-state index contributed by atoms with van der Waals surface area (Å²) in [5.41, 5.74) is 1.36. The van der Waals surface area contributed by atoms with Crippen LogP contribution in [0.4, 0.5) is 5.69 Å². The number of amides is 1. The van der Waals surface area contributed by atoms with Crippen LogP contribution in [-0.4, -0.2) is 25.1 Å². The van der Waals surface area contributed by atoms with E-state index in [4.69, 9.17) is 13.9 Å². The number of aromatic nitrogens is 1. The molecule has 1 amide bonds. The molecule has 0 fully saturated rings. The summed E-state index contributed by atoms with van der Waals surface area (Å²) in [6, 6.07) is 5.22. The van der Waals surface area contributed by atoms with Gasteiger partial charge in [0, 0.05) is 18.9 Å². The Hall–Kier alpha value is -2.50. The molecule has 20 heavy (non-hydrogen) atoms. The lowest BCUT2D eigenvalue weighted by Gasteiger charge is -2.11. The monoisotopic (exact) mass is 276 g/mol. The van der Waals surface area contributed by atoms with Crippen molar-refractivity contribution >= 4 is 11.6 Å². The lowest BCUT2D eigenvalue weighted by Crippen LogP contribution is -2.13. The molecule has 0 spiro atoms. The van der Waals surface area contributed by atoms with Gasteiger partial charge in [0.15, 0.2) is 6.39 Å². The van der Waals surface area contributed by atoms with Gasteiger partial charge in [-0.25, -0.2) is 4.98 Å². The molecule has 6 nitrogen and oxygen atoms in total. The quantitative estimate of drug-likeness (QED) is 0.876. The van der Waals surface area contributed by atoms with Crippen LogP contribution in [0.1, 0.15) is 12.1 Å². The highest BCUT2D eigenvalue weighted by atomic mass is 16.5. The molecule has 0 saturated carbocycles. The van der Waals surface area contributed by atoms with E-state index >= 15 is 0 Å². The van der Waals surface area contributed by atoms with E-state index in [2.05, 4.69) is 10.3 Å². The highest BCUT2D eigenvalue weighted by Crippen LogP contribution is 2.29. The molecule has 106 valence electrons. The number of carbonyl (C=O) groups excluding carboxylic acids is 1. The van der Waals surface area contributed by atoms with E-state index in [0.717, 1.165) is 5.69 Å². The van der Waals surface area contributed by atoms with Crippen molar-refractivity contribution in [3.63, 3.8) is 0 Å². The van der Waals surface area contributed by atoms with Crippen molar-refractivity contribution in [2.24, 2.45) is 0 Å². The average molecular weight is 276 g/mol. The number of aryl methyl sites for hydroxylation is 1. The molecular weight excluding hydrogens is 260 g/mol. The van der Waals surface area contributed by atoms with Gasteiger partial charge in [-0.2, -0.15) is 0 Å². The summed E-state index contributed by atoms with van der Waals surface area (Å²) in [5.74, 6) is 1.11. The maximum absolute atomic E-state index is 11.9. The van der Waals surface area contributed by atoms with Crippen LogP contribution < -0.4 is 14.8 Å². The van der Waals surface area contributed by atoms with Gasteiger partial charge in [0.25, 0.3) is 0 Å². The van der Waals surface area contributed by atoms with Gasteiger partial charge in [-0.3, -0.25) is 4.79 Å². The predicted octanol–water partition coefficient (Wildman–Crippen LogP) is 2.26. The van der Waals surface area contributed by atoms with Crippen LogP contribution in [-0.2, 0) is 11.2 Å². The fourth-order valence-corrected chi connectivity index (χ4v) is 1.72. The Bertz CT molecular complexity index is 567. The summed E-state index contributed by atoms with van der Waals surface area (Å²) < 4.78 is 15.2. The molecule has 0 aliphatic rings. The average Bonchev–Trinajstić information content (AvgIpc) is 2.99. The second-order valence-electron chi connectivity index (χ2n) is 4.09. The van der Waals surface area contributed by atoms with E-state index in [-0.39, 0.29) is 5.91 Å². The van der Waals surface area contributed by atoms with Crippen LogP contribution in [0.5, 0.6) is 11.5 Å². The number of benzene rings is 1. The summed E-state index contributed by atoms with van der Waals surface area (Å²) in [5, 5.41) is 2.80. The number of hydrogen-bond donors (Lipinski definition) is 1. The standard InChI is InChI=1S/C14H16N2O4/c1-18-11-4-5-12(13(7-11)19-2)16-14(17)6-3-10-8-20-9-15-10/h4-5,7-9H,3,6H2,1-2H3,(H,16,17). The Morgan fingerprint density at radius 2 is 2.20 bits per heavy atom. The van der Waals surface area contributed by atoms with Crippen molar-refractivity contribution in [2.75, 3.05) is 19.5 Å². The minimum Gasteiger partial charge on any atom is -0.497 e. The molecule has 6 heteroatoms. The number of anilines is 1. The summed E-state index contributed by atoms with van der Waals surface area (Å²) in [6.07, 6.45) is 3.73. The molecule has 1 heterocycles. The number of carbonyl (C=O) groups is 1. The maximum Gasteiger partial charge on any atom is 0.224 e. The Labute approximate surface area is 116 Å². The molecule has 0 bridgehead atoms. The SMILES string of the molecule is COc1ccc(NC(=O)CCc2cocn2)c(OC)c1. The van der Waals surface area contributed by atoms with Crippen LogP contribution in [0.3, 0.4) is 0 Å². The Morgan fingerprint density at radius 3 is 2.85 bits per heavy atom. The first kappa shape index (κ1) is 13.9. The summed E-state index contributed by atoms with van der Waals surface area (Å²) in [6.45, 7) is 0. The van der Waals surface area contributed by atoms with Gasteiger partial charge in [-0.1, -0.05) is 0 Å². The normalized spacial score (nSPS) is 10.1. The smallest absolute Gasteiger partial charge is 0.224 e. The first-order chi connectivity index (χ1) is 9.72. The molecule has 1 aromatic carbocycles. The van der Waals surface area contributed by atoms with Gasteiger partial charge in [0.2, 0.25) is 5.91 Å².